The fourth-order valence-electron chi connectivity index (χ4n) is 1.76. The third-order valence-corrected chi connectivity index (χ3v) is 2.72. The van der Waals surface area contributed by atoms with Crippen molar-refractivity contribution in [3.05, 3.63) is 0 Å². The number of aliphatic carboxylic acids is 1. The molecule has 0 aromatic rings. The van der Waals surface area contributed by atoms with Gasteiger partial charge in [0.15, 0.2) is 0 Å². The maximum Gasteiger partial charge on any atom is 0.320 e. The Balaban J connectivity index is 4.76. The summed E-state index contributed by atoms with van der Waals surface area (Å²) in [5, 5.41) is 45.6. The van der Waals surface area contributed by atoms with Crippen LogP contribution in [-0.4, -0.2) is 87.5 Å². The van der Waals surface area contributed by atoms with Crippen molar-refractivity contribution in [1.82, 2.24) is 4.90 Å². The quantitative estimate of drug-likeness (QED) is 0.237. The third-order valence-electron chi connectivity index (χ3n) is 2.72. The number of aliphatic hydroxyl groups is 4. The van der Waals surface area contributed by atoms with Gasteiger partial charge in [-0.05, 0) is 19.4 Å². The number of aliphatic hydroxyl groups excluding tert-OH is 4. The van der Waals surface area contributed by atoms with E-state index in [1.807, 2.05) is 0 Å². The summed E-state index contributed by atoms with van der Waals surface area (Å²) < 4.78 is 0. The van der Waals surface area contributed by atoms with Crippen LogP contribution in [0.2, 0.25) is 0 Å². The molecule has 0 spiro atoms. The van der Waals surface area contributed by atoms with Crippen LogP contribution in [0.3, 0.4) is 0 Å². The molecule has 19 heavy (non-hydrogen) atoms. The number of nitrogens with zero attached hydrogens (tertiary/aromatic N) is 1. The summed E-state index contributed by atoms with van der Waals surface area (Å²) in [6.07, 6.45) is -1.46. The van der Waals surface area contributed by atoms with Crippen LogP contribution < -0.4 is 5.73 Å². The first kappa shape index (κ1) is 18.2. The summed E-state index contributed by atoms with van der Waals surface area (Å²) in [6.45, 7) is -0.878. The van der Waals surface area contributed by atoms with E-state index in [0.717, 1.165) is 0 Å². The Morgan fingerprint density at radius 1 is 1.11 bits per heavy atom. The molecule has 0 saturated carbocycles. The van der Waals surface area contributed by atoms with Gasteiger partial charge in [-0.3, -0.25) is 9.69 Å². The highest BCUT2D eigenvalue weighted by Crippen LogP contribution is 2.10. The molecule has 3 atom stereocenters. The van der Waals surface area contributed by atoms with Gasteiger partial charge >= 0.3 is 5.97 Å². The van der Waals surface area contributed by atoms with Gasteiger partial charge in [-0.15, -0.1) is 0 Å². The molecule has 0 heterocycles. The maximum atomic E-state index is 11.2. The Morgan fingerprint density at radius 3 is 1.89 bits per heavy atom. The zero-order chi connectivity index (χ0) is 14.8. The van der Waals surface area contributed by atoms with Crippen LogP contribution in [0, 0.1) is 0 Å². The molecular weight excluding hydrogens is 256 g/mol. The third kappa shape index (κ3) is 7.41. The first-order valence-electron chi connectivity index (χ1n) is 6.21. The number of hydrogen-bond donors (Lipinski definition) is 6. The molecule has 0 radical (unpaired) electrons. The number of nitrogens with two attached hydrogens (primary N) is 1. The van der Waals surface area contributed by atoms with E-state index in [1.165, 1.54) is 4.90 Å². The molecular formula is C11H24N2O6. The molecule has 8 heteroatoms. The average Bonchev–Trinajstić information content (AvgIpc) is 2.38. The first-order chi connectivity index (χ1) is 8.96. The van der Waals surface area contributed by atoms with E-state index in [0.29, 0.717) is 13.0 Å². The van der Waals surface area contributed by atoms with E-state index in [2.05, 4.69) is 0 Å². The van der Waals surface area contributed by atoms with Gasteiger partial charge in [-0.1, -0.05) is 0 Å². The highest BCUT2D eigenvalue weighted by molar-refractivity contribution is 5.73. The second-order valence-corrected chi connectivity index (χ2v) is 4.41. The molecule has 0 amide bonds. The zero-order valence-corrected chi connectivity index (χ0v) is 10.9. The summed E-state index contributed by atoms with van der Waals surface area (Å²) in [5.41, 5.74) is 5.34. The number of hydrogen-bond acceptors (Lipinski definition) is 7. The summed E-state index contributed by atoms with van der Waals surface area (Å²) in [6, 6.07) is -0.925. The predicted octanol–water partition coefficient (Wildman–Crippen LogP) is -2.81. The zero-order valence-electron chi connectivity index (χ0n) is 10.9. The Kier molecular flexibility index (Phi) is 9.66. The SMILES string of the molecule is NCCC[C@@H](C(=O)O)N(CC(O)CO)CC(O)CO. The lowest BCUT2D eigenvalue weighted by molar-refractivity contribution is -0.145. The molecule has 0 aromatic heterocycles. The number of rotatable bonds is 11. The van der Waals surface area contributed by atoms with Crippen LogP contribution in [0.1, 0.15) is 12.8 Å². The average molecular weight is 280 g/mol. The van der Waals surface area contributed by atoms with E-state index >= 15 is 0 Å². The molecule has 8 nitrogen and oxygen atoms in total. The standard InChI is InChI=1S/C11H24N2O6/c12-3-1-2-10(11(18)19)13(4-8(16)6-14)5-9(17)7-15/h8-10,14-17H,1-7,12H2,(H,18,19)/t8?,9?,10-/m0/s1. The second kappa shape index (κ2) is 10.1. The van der Waals surface area contributed by atoms with Crippen LogP contribution in [-0.2, 0) is 4.79 Å². The van der Waals surface area contributed by atoms with E-state index in [4.69, 9.17) is 15.9 Å². The molecule has 2 unspecified atom stereocenters. The van der Waals surface area contributed by atoms with Crippen molar-refractivity contribution in [2.24, 2.45) is 5.73 Å². The molecule has 0 aliphatic carbocycles. The lowest BCUT2D eigenvalue weighted by Crippen LogP contribution is -2.49. The summed E-state index contributed by atoms with van der Waals surface area (Å²) >= 11 is 0. The minimum atomic E-state index is -1.11. The largest absolute Gasteiger partial charge is 0.480 e. The van der Waals surface area contributed by atoms with Gasteiger partial charge in [-0.2, -0.15) is 0 Å². The highest BCUT2D eigenvalue weighted by atomic mass is 16.4. The van der Waals surface area contributed by atoms with Crippen molar-refractivity contribution in [3.63, 3.8) is 0 Å². The fraction of sp³-hybridized carbons (Fsp3) is 0.909. The van der Waals surface area contributed by atoms with Gasteiger partial charge in [0.2, 0.25) is 0 Å². The van der Waals surface area contributed by atoms with Crippen LogP contribution in [0.5, 0.6) is 0 Å². The molecule has 114 valence electrons. The Bertz CT molecular complexity index is 241. The van der Waals surface area contributed by atoms with Crippen molar-refractivity contribution >= 4 is 5.97 Å². The first-order valence-corrected chi connectivity index (χ1v) is 6.21. The summed E-state index contributed by atoms with van der Waals surface area (Å²) in [7, 11) is 0. The number of carbonyl (C=O) groups is 1. The smallest absolute Gasteiger partial charge is 0.320 e. The topological polar surface area (TPSA) is 147 Å². The summed E-state index contributed by atoms with van der Waals surface area (Å²) in [5.74, 6) is -1.09. The van der Waals surface area contributed by atoms with Crippen LogP contribution in [0.4, 0.5) is 0 Å². The molecule has 0 aliphatic rings. The number of carboxylic acids is 1. The van der Waals surface area contributed by atoms with Gasteiger partial charge in [0.25, 0.3) is 0 Å². The normalized spacial score (nSPS) is 16.3. The van der Waals surface area contributed by atoms with Crippen molar-refractivity contribution in [2.45, 2.75) is 31.1 Å². The molecule has 7 N–H and O–H groups in total. The van der Waals surface area contributed by atoms with Crippen molar-refractivity contribution in [1.29, 1.82) is 0 Å². The molecule has 0 bridgehead atoms. The molecule has 0 rings (SSSR count). The Hall–Kier alpha value is -0.770. The van der Waals surface area contributed by atoms with Crippen molar-refractivity contribution < 1.29 is 30.3 Å². The Morgan fingerprint density at radius 2 is 1.58 bits per heavy atom. The molecule has 0 saturated heterocycles. The van der Waals surface area contributed by atoms with Gasteiger partial charge in [0.1, 0.15) is 6.04 Å². The lowest BCUT2D eigenvalue weighted by atomic mass is 10.1. The predicted molar refractivity (Wildman–Crippen MR) is 67.5 cm³/mol. The van der Waals surface area contributed by atoms with Crippen LogP contribution in [0.15, 0.2) is 0 Å². The monoisotopic (exact) mass is 280 g/mol. The minimum Gasteiger partial charge on any atom is -0.480 e. The fourth-order valence-corrected chi connectivity index (χ4v) is 1.76. The maximum absolute atomic E-state index is 11.2. The molecule has 0 aromatic carbocycles. The highest BCUT2D eigenvalue weighted by Gasteiger charge is 2.28. The molecule has 0 aliphatic heterocycles. The van der Waals surface area contributed by atoms with Crippen LogP contribution in [0.25, 0.3) is 0 Å². The van der Waals surface area contributed by atoms with Gasteiger partial charge in [-0.25, -0.2) is 0 Å². The lowest BCUT2D eigenvalue weighted by Gasteiger charge is -2.31. The van der Waals surface area contributed by atoms with Gasteiger partial charge in [0, 0.05) is 13.1 Å². The van der Waals surface area contributed by atoms with Crippen LogP contribution >= 0.6 is 0 Å². The summed E-state index contributed by atoms with van der Waals surface area (Å²) in [4.78, 5) is 12.5. The van der Waals surface area contributed by atoms with Crippen molar-refractivity contribution in [2.75, 3.05) is 32.8 Å². The minimum absolute atomic E-state index is 0.102. The Labute approximate surface area is 112 Å². The van der Waals surface area contributed by atoms with E-state index in [1.54, 1.807) is 0 Å². The molecule has 0 fully saturated rings. The van der Waals surface area contributed by atoms with Gasteiger partial charge in [0.05, 0.1) is 25.4 Å². The van der Waals surface area contributed by atoms with E-state index in [9.17, 15) is 20.1 Å². The van der Waals surface area contributed by atoms with E-state index < -0.39 is 37.4 Å². The van der Waals surface area contributed by atoms with Gasteiger partial charge < -0.3 is 31.3 Å². The number of carboxylic acid groups (broad SMARTS) is 1. The second-order valence-electron chi connectivity index (χ2n) is 4.41. The van der Waals surface area contributed by atoms with E-state index in [-0.39, 0.29) is 19.5 Å². The van der Waals surface area contributed by atoms with Crippen molar-refractivity contribution in [3.8, 4) is 0 Å².